The zero-order valence-corrected chi connectivity index (χ0v) is 8.59. The summed E-state index contributed by atoms with van der Waals surface area (Å²) < 4.78 is 3.71. The molecule has 0 fully saturated rings. The van der Waals surface area contributed by atoms with Crippen molar-refractivity contribution in [1.29, 1.82) is 0 Å². The van der Waals surface area contributed by atoms with Gasteiger partial charge in [0.15, 0.2) is 0 Å². The van der Waals surface area contributed by atoms with Crippen molar-refractivity contribution in [3.05, 3.63) is 37.4 Å². The van der Waals surface area contributed by atoms with E-state index in [1.165, 1.54) is 0 Å². The lowest BCUT2D eigenvalue weighted by atomic mass is 10.5. The van der Waals surface area contributed by atoms with E-state index in [0.29, 0.717) is 0 Å². The number of hydrogen-bond donors (Lipinski definition) is 1. The van der Waals surface area contributed by atoms with Crippen LogP contribution in [0.5, 0.6) is 0 Å². The fourth-order valence-electron chi connectivity index (χ4n) is 1.33. The highest BCUT2D eigenvalue weighted by Gasteiger charge is 2.02. The summed E-state index contributed by atoms with van der Waals surface area (Å²) in [5, 5.41) is 7.25. The van der Waals surface area contributed by atoms with Crippen LogP contribution in [-0.2, 0) is 13.6 Å². The van der Waals surface area contributed by atoms with Crippen LogP contribution in [0.4, 0.5) is 11.6 Å². The van der Waals surface area contributed by atoms with Crippen LogP contribution in [0, 0.1) is 0 Å². The Kier molecular flexibility index (Phi) is 2.53. The molecule has 0 unspecified atom stereocenters. The highest BCUT2D eigenvalue weighted by atomic mass is 15.3. The van der Waals surface area contributed by atoms with Gasteiger partial charge in [0.05, 0.1) is 11.9 Å². The van der Waals surface area contributed by atoms with Gasteiger partial charge in [0.2, 0.25) is 5.95 Å². The number of rotatable bonds is 4. The normalized spacial score (nSPS) is 10.2. The number of aromatic nitrogens is 4. The molecular weight excluding hydrogens is 190 g/mol. The van der Waals surface area contributed by atoms with E-state index in [2.05, 4.69) is 22.0 Å². The average Bonchev–Trinajstić information content (AvgIpc) is 2.78. The van der Waals surface area contributed by atoms with Gasteiger partial charge in [-0.3, -0.25) is 4.68 Å². The van der Waals surface area contributed by atoms with E-state index >= 15 is 0 Å². The van der Waals surface area contributed by atoms with Crippen molar-refractivity contribution in [2.45, 2.75) is 6.54 Å². The van der Waals surface area contributed by atoms with Gasteiger partial charge < -0.3 is 9.88 Å². The number of nitrogens with zero attached hydrogens (tertiary/aromatic N) is 4. The number of aryl methyl sites for hydroxylation is 1. The summed E-state index contributed by atoms with van der Waals surface area (Å²) in [7, 11) is 1.88. The summed E-state index contributed by atoms with van der Waals surface area (Å²) in [5.74, 6) is 0.794. The molecule has 0 aromatic carbocycles. The Morgan fingerprint density at radius 1 is 1.60 bits per heavy atom. The van der Waals surface area contributed by atoms with Crippen LogP contribution in [0.3, 0.4) is 0 Å². The van der Waals surface area contributed by atoms with E-state index in [1.807, 2.05) is 30.1 Å². The third-order valence-corrected chi connectivity index (χ3v) is 2.00. The molecule has 2 aromatic heterocycles. The monoisotopic (exact) mass is 203 g/mol. The molecule has 0 bridgehead atoms. The minimum atomic E-state index is 0.739. The number of allylic oxidation sites excluding steroid dienone is 1. The second-order valence-corrected chi connectivity index (χ2v) is 3.22. The molecule has 0 aliphatic rings. The Hall–Kier alpha value is -2.04. The largest absolute Gasteiger partial charge is 0.323 e. The van der Waals surface area contributed by atoms with Crippen LogP contribution in [0.25, 0.3) is 0 Å². The lowest BCUT2D eigenvalue weighted by Gasteiger charge is -2.05. The van der Waals surface area contributed by atoms with Gasteiger partial charge in [0.1, 0.15) is 0 Å². The molecule has 5 nitrogen and oxygen atoms in total. The molecule has 78 valence electrons. The van der Waals surface area contributed by atoms with E-state index in [9.17, 15) is 0 Å². The van der Waals surface area contributed by atoms with Crippen LogP contribution in [0.15, 0.2) is 37.4 Å². The molecular formula is C10H13N5. The SMILES string of the molecule is C=CCn1ccnc1Nc1cnn(C)c1. The van der Waals surface area contributed by atoms with Crippen molar-refractivity contribution in [2.24, 2.45) is 7.05 Å². The van der Waals surface area contributed by atoms with Crippen LogP contribution in [0.2, 0.25) is 0 Å². The third-order valence-electron chi connectivity index (χ3n) is 2.00. The molecule has 0 atom stereocenters. The standard InChI is InChI=1S/C10H13N5/c1-3-5-15-6-4-11-10(15)13-9-7-12-14(2)8-9/h3-4,6-8H,1,5H2,2H3,(H,11,13). The molecule has 0 spiro atoms. The summed E-state index contributed by atoms with van der Waals surface area (Å²) >= 11 is 0. The van der Waals surface area contributed by atoms with Crippen molar-refractivity contribution < 1.29 is 0 Å². The fourth-order valence-corrected chi connectivity index (χ4v) is 1.33. The molecule has 0 radical (unpaired) electrons. The van der Waals surface area contributed by atoms with Crippen LogP contribution < -0.4 is 5.32 Å². The molecule has 2 rings (SSSR count). The molecule has 0 saturated carbocycles. The maximum Gasteiger partial charge on any atom is 0.207 e. The molecule has 0 aliphatic carbocycles. The van der Waals surface area contributed by atoms with E-state index in [-0.39, 0.29) is 0 Å². The van der Waals surface area contributed by atoms with Crippen molar-refractivity contribution in [1.82, 2.24) is 19.3 Å². The summed E-state index contributed by atoms with van der Waals surface area (Å²) in [5.41, 5.74) is 0.925. The van der Waals surface area contributed by atoms with Gasteiger partial charge in [-0.25, -0.2) is 4.98 Å². The number of nitrogens with one attached hydrogen (secondary N) is 1. The van der Waals surface area contributed by atoms with Gasteiger partial charge in [-0.1, -0.05) is 6.08 Å². The lowest BCUT2D eigenvalue weighted by Crippen LogP contribution is -2.01. The highest BCUT2D eigenvalue weighted by Crippen LogP contribution is 2.13. The summed E-state index contributed by atoms with van der Waals surface area (Å²) in [6, 6.07) is 0. The molecule has 15 heavy (non-hydrogen) atoms. The summed E-state index contributed by atoms with van der Waals surface area (Å²) in [6.07, 6.45) is 9.14. The Morgan fingerprint density at radius 2 is 2.47 bits per heavy atom. The summed E-state index contributed by atoms with van der Waals surface area (Å²) in [6.45, 7) is 4.43. The Balaban J connectivity index is 2.16. The molecule has 0 amide bonds. The van der Waals surface area contributed by atoms with Gasteiger partial charge >= 0.3 is 0 Å². The maximum atomic E-state index is 4.21. The number of anilines is 2. The van der Waals surface area contributed by atoms with Crippen LogP contribution in [0.1, 0.15) is 0 Å². The second kappa shape index (κ2) is 4.00. The molecule has 1 N–H and O–H groups in total. The van der Waals surface area contributed by atoms with Gasteiger partial charge in [-0.2, -0.15) is 5.10 Å². The highest BCUT2D eigenvalue weighted by molar-refractivity contribution is 5.50. The van der Waals surface area contributed by atoms with E-state index in [4.69, 9.17) is 0 Å². The van der Waals surface area contributed by atoms with Crippen molar-refractivity contribution >= 4 is 11.6 Å². The topological polar surface area (TPSA) is 47.7 Å². The van der Waals surface area contributed by atoms with Crippen molar-refractivity contribution in [2.75, 3.05) is 5.32 Å². The van der Waals surface area contributed by atoms with E-state index in [0.717, 1.165) is 18.2 Å². The van der Waals surface area contributed by atoms with Crippen molar-refractivity contribution in [3.8, 4) is 0 Å². The predicted molar refractivity (Wildman–Crippen MR) is 58.9 cm³/mol. The minimum absolute atomic E-state index is 0.739. The first kappa shape index (κ1) is 9.51. The predicted octanol–water partition coefficient (Wildman–Crippen LogP) is 1.55. The molecule has 2 heterocycles. The van der Waals surface area contributed by atoms with Gasteiger partial charge in [-0.15, -0.1) is 6.58 Å². The Bertz CT molecular complexity index is 454. The molecule has 5 heteroatoms. The fraction of sp³-hybridized carbons (Fsp3) is 0.200. The maximum absolute atomic E-state index is 4.21. The quantitative estimate of drug-likeness (QED) is 0.767. The first-order valence-electron chi connectivity index (χ1n) is 4.67. The zero-order chi connectivity index (χ0) is 10.7. The lowest BCUT2D eigenvalue weighted by molar-refractivity contribution is 0.768. The average molecular weight is 203 g/mol. The third kappa shape index (κ3) is 2.07. The molecule has 0 saturated heterocycles. The van der Waals surface area contributed by atoms with E-state index < -0.39 is 0 Å². The van der Waals surface area contributed by atoms with Gasteiger partial charge in [0.25, 0.3) is 0 Å². The van der Waals surface area contributed by atoms with E-state index in [1.54, 1.807) is 17.1 Å². The second-order valence-electron chi connectivity index (χ2n) is 3.22. The van der Waals surface area contributed by atoms with Gasteiger partial charge in [-0.05, 0) is 0 Å². The minimum Gasteiger partial charge on any atom is -0.323 e. The van der Waals surface area contributed by atoms with Gasteiger partial charge in [0, 0.05) is 32.2 Å². The number of imidazole rings is 1. The molecule has 2 aromatic rings. The Labute approximate surface area is 88.1 Å². The zero-order valence-electron chi connectivity index (χ0n) is 8.59. The first-order valence-corrected chi connectivity index (χ1v) is 4.67. The number of hydrogen-bond acceptors (Lipinski definition) is 3. The molecule has 0 aliphatic heterocycles. The summed E-state index contributed by atoms with van der Waals surface area (Å²) in [4.78, 5) is 4.21. The van der Waals surface area contributed by atoms with Crippen molar-refractivity contribution in [3.63, 3.8) is 0 Å². The Morgan fingerprint density at radius 3 is 3.13 bits per heavy atom. The smallest absolute Gasteiger partial charge is 0.207 e. The van der Waals surface area contributed by atoms with Crippen LogP contribution in [-0.4, -0.2) is 19.3 Å². The first-order chi connectivity index (χ1) is 7.29. The van der Waals surface area contributed by atoms with Crippen LogP contribution >= 0.6 is 0 Å².